The third-order valence-corrected chi connectivity index (χ3v) is 8.62. The van der Waals surface area contributed by atoms with E-state index in [1.165, 1.54) is 29.8 Å². The fraction of sp³-hybridized carbons (Fsp3) is 0.185. The van der Waals surface area contributed by atoms with Gasteiger partial charge in [0.15, 0.2) is 0 Å². The highest BCUT2D eigenvalue weighted by Crippen LogP contribution is 2.34. The maximum atomic E-state index is 13.4. The van der Waals surface area contributed by atoms with Crippen molar-refractivity contribution < 1.29 is 27.5 Å². The molecule has 0 aliphatic rings. The lowest BCUT2D eigenvalue weighted by Gasteiger charge is -2.21. The number of carbonyl (C=O) groups excluding carboxylic acids is 2. The zero-order valence-corrected chi connectivity index (χ0v) is 22.4. The van der Waals surface area contributed by atoms with Gasteiger partial charge in [-0.05, 0) is 85.5 Å². The third-order valence-electron chi connectivity index (χ3n) is 5.70. The first-order valence-electron chi connectivity index (χ1n) is 11.4. The van der Waals surface area contributed by atoms with Crippen LogP contribution in [0.15, 0.2) is 71.6 Å². The lowest BCUT2D eigenvalue weighted by atomic mass is 10.2. The molecule has 1 N–H and O–H groups in total. The summed E-state index contributed by atoms with van der Waals surface area (Å²) in [7, 11) is -0.973. The summed E-state index contributed by atoms with van der Waals surface area (Å²) in [6.07, 6.45) is 0. The first kappa shape index (κ1) is 26.2. The largest absolute Gasteiger partial charge is 0.495 e. The highest BCUT2D eigenvalue weighted by atomic mass is 32.2. The Hall–Kier alpha value is -3.89. The van der Waals surface area contributed by atoms with Crippen molar-refractivity contribution >= 4 is 54.7 Å². The van der Waals surface area contributed by atoms with Crippen molar-refractivity contribution in [2.75, 3.05) is 30.4 Å². The number of methoxy groups -OCH3 is 1. The predicted molar refractivity (Wildman–Crippen MR) is 145 cm³/mol. The van der Waals surface area contributed by atoms with Gasteiger partial charge in [-0.25, -0.2) is 13.2 Å². The summed E-state index contributed by atoms with van der Waals surface area (Å²) in [6, 6.07) is 18.4. The molecule has 37 heavy (non-hydrogen) atoms. The van der Waals surface area contributed by atoms with Gasteiger partial charge in [0, 0.05) is 17.4 Å². The van der Waals surface area contributed by atoms with E-state index in [0.29, 0.717) is 21.8 Å². The van der Waals surface area contributed by atoms with Gasteiger partial charge in [-0.2, -0.15) is 0 Å². The average Bonchev–Trinajstić information content (AvgIpc) is 3.32. The lowest BCUT2D eigenvalue weighted by molar-refractivity contribution is 0.0526. The molecule has 1 aromatic heterocycles. The molecule has 0 atom stereocenters. The van der Waals surface area contributed by atoms with E-state index in [4.69, 9.17) is 9.47 Å². The molecule has 0 spiro atoms. The number of carbonyl (C=O) groups is 2. The normalized spacial score (nSPS) is 11.2. The third kappa shape index (κ3) is 5.45. The van der Waals surface area contributed by atoms with Crippen LogP contribution in [-0.4, -0.2) is 41.1 Å². The Morgan fingerprint density at radius 3 is 2.41 bits per heavy atom. The summed E-state index contributed by atoms with van der Waals surface area (Å²) < 4.78 is 39.0. The maximum Gasteiger partial charge on any atom is 0.338 e. The molecule has 192 valence electrons. The minimum atomic E-state index is -3.89. The molecule has 0 saturated carbocycles. The Labute approximate surface area is 219 Å². The number of benzene rings is 3. The molecule has 4 aromatic rings. The number of hydrogen-bond donors (Lipinski definition) is 1. The van der Waals surface area contributed by atoms with Crippen LogP contribution in [0.3, 0.4) is 0 Å². The molecule has 1 heterocycles. The molecule has 0 aliphatic heterocycles. The van der Waals surface area contributed by atoms with Crippen LogP contribution in [0.25, 0.3) is 10.1 Å². The first-order chi connectivity index (χ1) is 17.6. The van der Waals surface area contributed by atoms with Gasteiger partial charge in [-0.3, -0.25) is 9.10 Å². The molecule has 4 rings (SSSR count). The maximum absolute atomic E-state index is 13.4. The monoisotopic (exact) mass is 538 g/mol. The van der Waals surface area contributed by atoms with Crippen molar-refractivity contribution in [2.24, 2.45) is 0 Å². The Balaban J connectivity index is 1.56. The van der Waals surface area contributed by atoms with E-state index < -0.39 is 16.0 Å². The van der Waals surface area contributed by atoms with Crippen LogP contribution < -0.4 is 14.4 Å². The van der Waals surface area contributed by atoms with Crippen LogP contribution in [0, 0.1) is 6.92 Å². The summed E-state index contributed by atoms with van der Waals surface area (Å²) in [5, 5.41) is 3.56. The molecular formula is C27H26N2O6S2. The van der Waals surface area contributed by atoms with E-state index >= 15 is 0 Å². The van der Waals surface area contributed by atoms with Crippen molar-refractivity contribution in [2.45, 2.75) is 18.7 Å². The van der Waals surface area contributed by atoms with Crippen LogP contribution in [0.1, 0.15) is 32.5 Å². The summed E-state index contributed by atoms with van der Waals surface area (Å²) in [5.41, 5.74) is 2.19. The SMILES string of the molecule is CCOC(=O)c1ccc(NC(=O)c2cc3cc(N(C)S(=O)(=O)c4cc(C)ccc4OC)ccc3s2)cc1. The van der Waals surface area contributed by atoms with Crippen LogP contribution in [0.5, 0.6) is 5.75 Å². The Morgan fingerprint density at radius 1 is 1.00 bits per heavy atom. The fourth-order valence-corrected chi connectivity index (χ4v) is 6.07. The number of ether oxygens (including phenoxy) is 2. The minimum absolute atomic E-state index is 0.0805. The molecule has 0 saturated heterocycles. The van der Waals surface area contributed by atoms with E-state index in [2.05, 4.69) is 5.32 Å². The van der Waals surface area contributed by atoms with Crippen LogP contribution in [-0.2, 0) is 14.8 Å². The first-order valence-corrected chi connectivity index (χ1v) is 13.7. The number of thiophene rings is 1. The summed E-state index contributed by atoms with van der Waals surface area (Å²) >= 11 is 1.30. The molecule has 0 fully saturated rings. The molecule has 1 amide bonds. The number of anilines is 2. The molecule has 0 unspecified atom stereocenters. The Kier molecular flexibility index (Phi) is 7.51. The number of rotatable bonds is 8. The average molecular weight is 539 g/mol. The number of hydrogen-bond acceptors (Lipinski definition) is 7. The zero-order chi connectivity index (χ0) is 26.7. The van der Waals surface area contributed by atoms with Crippen LogP contribution >= 0.6 is 11.3 Å². The molecule has 10 heteroatoms. The minimum Gasteiger partial charge on any atom is -0.495 e. The topological polar surface area (TPSA) is 102 Å². The van der Waals surface area contributed by atoms with Gasteiger partial charge in [0.05, 0.1) is 29.8 Å². The van der Waals surface area contributed by atoms with Crippen LogP contribution in [0.2, 0.25) is 0 Å². The van der Waals surface area contributed by atoms with Crippen molar-refractivity contribution in [1.82, 2.24) is 0 Å². The lowest BCUT2D eigenvalue weighted by Crippen LogP contribution is -2.27. The summed E-state index contributed by atoms with van der Waals surface area (Å²) in [4.78, 5) is 25.2. The van der Waals surface area contributed by atoms with Crippen LogP contribution in [0.4, 0.5) is 11.4 Å². The molecule has 0 radical (unpaired) electrons. The zero-order valence-electron chi connectivity index (χ0n) is 20.8. The van der Waals surface area contributed by atoms with Crippen molar-refractivity contribution in [3.8, 4) is 5.75 Å². The number of amides is 1. The molecule has 3 aromatic carbocycles. The van der Waals surface area contributed by atoms with Gasteiger partial charge in [-0.1, -0.05) is 6.07 Å². The van der Waals surface area contributed by atoms with E-state index in [0.717, 1.165) is 15.6 Å². The number of nitrogens with one attached hydrogen (secondary N) is 1. The second kappa shape index (κ2) is 10.6. The number of esters is 1. The van der Waals surface area contributed by atoms with Crippen molar-refractivity contribution in [3.63, 3.8) is 0 Å². The smallest absolute Gasteiger partial charge is 0.338 e. The Bertz CT molecular complexity index is 1580. The van der Waals surface area contributed by atoms with E-state index in [-0.39, 0.29) is 23.2 Å². The standard InChI is InChI=1S/C27H26N2O6S2/c1-5-35-27(31)18-7-9-20(10-8-18)28-26(30)24-16-19-15-21(11-13-23(19)36-24)29(3)37(32,33)25-14-17(2)6-12-22(25)34-4/h6-16H,5H2,1-4H3,(H,28,30). The van der Waals surface area contributed by atoms with Crippen molar-refractivity contribution in [3.05, 3.63) is 82.7 Å². The van der Waals surface area contributed by atoms with Gasteiger partial charge >= 0.3 is 5.97 Å². The number of fused-ring (bicyclic) bond motifs is 1. The number of sulfonamides is 1. The van der Waals surface area contributed by atoms with E-state index in [1.54, 1.807) is 73.7 Å². The van der Waals surface area contributed by atoms with E-state index in [9.17, 15) is 18.0 Å². The highest BCUT2D eigenvalue weighted by Gasteiger charge is 2.26. The Morgan fingerprint density at radius 2 is 1.73 bits per heavy atom. The van der Waals surface area contributed by atoms with Gasteiger partial charge in [-0.15, -0.1) is 11.3 Å². The highest BCUT2D eigenvalue weighted by molar-refractivity contribution is 7.93. The van der Waals surface area contributed by atoms with Crippen molar-refractivity contribution in [1.29, 1.82) is 0 Å². The quantitative estimate of drug-likeness (QED) is 0.299. The molecule has 8 nitrogen and oxygen atoms in total. The molecule has 0 aliphatic carbocycles. The number of nitrogens with zero attached hydrogens (tertiary/aromatic N) is 1. The molecule has 0 bridgehead atoms. The fourth-order valence-electron chi connectivity index (χ4n) is 3.71. The van der Waals surface area contributed by atoms with Gasteiger partial charge < -0.3 is 14.8 Å². The summed E-state index contributed by atoms with van der Waals surface area (Å²) in [5.74, 6) is -0.464. The second-order valence-corrected chi connectivity index (χ2v) is 11.2. The molecular weight excluding hydrogens is 512 g/mol. The van der Waals surface area contributed by atoms with Gasteiger partial charge in [0.25, 0.3) is 15.9 Å². The summed E-state index contributed by atoms with van der Waals surface area (Å²) in [6.45, 7) is 3.84. The van der Waals surface area contributed by atoms with Gasteiger partial charge in [0.1, 0.15) is 10.6 Å². The van der Waals surface area contributed by atoms with Gasteiger partial charge in [0.2, 0.25) is 0 Å². The van der Waals surface area contributed by atoms with E-state index in [1.807, 2.05) is 6.92 Å². The predicted octanol–water partition coefficient (Wildman–Crippen LogP) is 5.47. The number of aryl methyl sites for hydroxylation is 1. The second-order valence-electron chi connectivity index (χ2n) is 8.21.